The first kappa shape index (κ1) is 23.2. The molecule has 0 aliphatic carbocycles. The summed E-state index contributed by atoms with van der Waals surface area (Å²) in [6.07, 6.45) is 0. The monoisotopic (exact) mass is 450 g/mol. The Labute approximate surface area is 183 Å². The van der Waals surface area contributed by atoms with Crippen LogP contribution in [0.15, 0.2) is 42.5 Å². The zero-order valence-corrected chi connectivity index (χ0v) is 17.6. The van der Waals surface area contributed by atoms with Gasteiger partial charge in [0.2, 0.25) is 11.8 Å². The normalized spacial score (nSPS) is 10.1. The molecule has 0 saturated carbocycles. The molecule has 0 aliphatic heterocycles. The largest absolute Gasteiger partial charge is 0.352 e. The first-order chi connectivity index (χ1) is 14.3. The second kappa shape index (κ2) is 11.2. The van der Waals surface area contributed by atoms with Gasteiger partial charge in [-0.1, -0.05) is 29.3 Å². The summed E-state index contributed by atoms with van der Waals surface area (Å²) >= 11 is 11.7. The lowest BCUT2D eigenvalue weighted by atomic mass is 10.2. The number of hydrogen-bond donors (Lipinski definition) is 4. The van der Waals surface area contributed by atoms with Crippen LogP contribution in [0.5, 0.6) is 0 Å². The van der Waals surface area contributed by atoms with E-state index in [0.717, 1.165) is 0 Å². The Morgan fingerprint density at radius 3 is 2.27 bits per heavy atom. The van der Waals surface area contributed by atoms with Crippen molar-refractivity contribution in [2.45, 2.75) is 6.92 Å². The highest BCUT2D eigenvalue weighted by molar-refractivity contribution is 6.36. The van der Waals surface area contributed by atoms with Crippen LogP contribution >= 0.6 is 23.2 Å². The van der Waals surface area contributed by atoms with E-state index in [0.29, 0.717) is 22.8 Å². The van der Waals surface area contributed by atoms with Crippen molar-refractivity contribution in [3.8, 4) is 0 Å². The number of hydrogen-bond acceptors (Lipinski definition) is 4. The van der Waals surface area contributed by atoms with Crippen molar-refractivity contribution in [3.05, 3.63) is 63.6 Å². The van der Waals surface area contributed by atoms with Gasteiger partial charge in [-0.15, -0.1) is 0 Å². The quantitative estimate of drug-likeness (QED) is 0.493. The summed E-state index contributed by atoms with van der Waals surface area (Å²) in [6.45, 7) is 1.65. The van der Waals surface area contributed by atoms with Crippen molar-refractivity contribution >= 4 is 52.5 Å². The highest BCUT2D eigenvalue weighted by Gasteiger charge is 2.13. The maximum atomic E-state index is 12.1. The maximum absolute atomic E-state index is 12.1. The first-order valence-corrected chi connectivity index (χ1v) is 9.73. The number of amides is 4. The van der Waals surface area contributed by atoms with Crippen LogP contribution in [0.3, 0.4) is 0 Å². The summed E-state index contributed by atoms with van der Waals surface area (Å²) in [4.78, 5) is 47.8. The molecule has 158 valence electrons. The fourth-order valence-electron chi connectivity index (χ4n) is 2.38. The van der Waals surface area contributed by atoms with E-state index in [1.165, 1.54) is 24.3 Å². The predicted octanol–water partition coefficient (Wildman–Crippen LogP) is 2.23. The molecule has 0 unspecified atom stereocenters. The minimum Gasteiger partial charge on any atom is -0.352 e. The van der Waals surface area contributed by atoms with Crippen LogP contribution in [-0.2, 0) is 9.59 Å². The van der Waals surface area contributed by atoms with Gasteiger partial charge in [0.25, 0.3) is 11.8 Å². The van der Waals surface area contributed by atoms with E-state index in [2.05, 4.69) is 21.3 Å². The molecule has 0 aliphatic rings. The van der Waals surface area contributed by atoms with Crippen LogP contribution in [0.1, 0.15) is 27.6 Å². The van der Waals surface area contributed by atoms with Crippen molar-refractivity contribution in [1.29, 1.82) is 0 Å². The van der Waals surface area contributed by atoms with Crippen molar-refractivity contribution in [1.82, 2.24) is 16.0 Å². The van der Waals surface area contributed by atoms with Gasteiger partial charge >= 0.3 is 0 Å². The van der Waals surface area contributed by atoms with E-state index in [9.17, 15) is 19.2 Å². The minimum absolute atomic E-state index is 0.162. The summed E-state index contributed by atoms with van der Waals surface area (Å²) < 4.78 is 0. The second-order valence-electron chi connectivity index (χ2n) is 6.07. The molecule has 0 radical (unpaired) electrons. The third kappa shape index (κ3) is 7.06. The van der Waals surface area contributed by atoms with Gasteiger partial charge in [0.1, 0.15) is 0 Å². The summed E-state index contributed by atoms with van der Waals surface area (Å²) in [6, 6.07) is 10.8. The summed E-state index contributed by atoms with van der Waals surface area (Å²) in [5.74, 6) is -1.83. The number of carbonyl (C=O) groups excluding carboxylic acids is 4. The third-order valence-electron chi connectivity index (χ3n) is 3.78. The van der Waals surface area contributed by atoms with E-state index < -0.39 is 17.7 Å². The Bertz CT molecular complexity index is 966. The summed E-state index contributed by atoms with van der Waals surface area (Å²) in [5, 5.41) is 10.6. The van der Waals surface area contributed by atoms with Gasteiger partial charge in [0.15, 0.2) is 0 Å². The van der Waals surface area contributed by atoms with Gasteiger partial charge in [0.05, 0.1) is 23.7 Å². The Morgan fingerprint density at radius 2 is 1.57 bits per heavy atom. The topological polar surface area (TPSA) is 116 Å². The number of anilines is 1. The van der Waals surface area contributed by atoms with E-state index in [1.807, 2.05) is 0 Å². The zero-order valence-electron chi connectivity index (χ0n) is 16.1. The van der Waals surface area contributed by atoms with Crippen molar-refractivity contribution in [2.75, 3.05) is 25.0 Å². The van der Waals surface area contributed by atoms with Gasteiger partial charge in [-0.3, -0.25) is 19.2 Å². The van der Waals surface area contributed by atoms with Gasteiger partial charge in [-0.05, 0) is 43.3 Å². The SMILES string of the molecule is CCNC(=O)c1cccc(NC(=O)CNC(=O)CNC(=O)c2ccc(Cl)cc2Cl)c1. The van der Waals surface area contributed by atoms with Gasteiger partial charge in [-0.2, -0.15) is 0 Å². The molecule has 2 rings (SSSR count). The third-order valence-corrected chi connectivity index (χ3v) is 4.33. The molecule has 0 atom stereocenters. The Hall–Kier alpha value is -3.10. The molecule has 30 heavy (non-hydrogen) atoms. The lowest BCUT2D eigenvalue weighted by Gasteiger charge is -2.10. The van der Waals surface area contributed by atoms with E-state index >= 15 is 0 Å². The average molecular weight is 451 g/mol. The number of benzene rings is 2. The first-order valence-electron chi connectivity index (χ1n) is 8.98. The fraction of sp³-hybridized carbons (Fsp3) is 0.200. The van der Waals surface area contributed by atoms with Crippen LogP contribution < -0.4 is 21.3 Å². The molecule has 8 nitrogen and oxygen atoms in total. The van der Waals surface area contributed by atoms with Gasteiger partial charge < -0.3 is 21.3 Å². The molecule has 0 heterocycles. The second-order valence-corrected chi connectivity index (χ2v) is 6.92. The fourth-order valence-corrected chi connectivity index (χ4v) is 2.87. The molecular weight excluding hydrogens is 431 g/mol. The van der Waals surface area contributed by atoms with Crippen LogP contribution in [-0.4, -0.2) is 43.3 Å². The van der Waals surface area contributed by atoms with Crippen molar-refractivity contribution in [3.63, 3.8) is 0 Å². The average Bonchev–Trinajstić information content (AvgIpc) is 2.71. The van der Waals surface area contributed by atoms with E-state index in [4.69, 9.17) is 23.2 Å². The van der Waals surface area contributed by atoms with E-state index in [1.54, 1.807) is 25.1 Å². The van der Waals surface area contributed by atoms with E-state index in [-0.39, 0.29) is 29.6 Å². The number of halogens is 2. The Balaban J connectivity index is 1.79. The Morgan fingerprint density at radius 1 is 0.833 bits per heavy atom. The molecule has 4 N–H and O–H groups in total. The number of nitrogens with one attached hydrogen (secondary N) is 4. The van der Waals surface area contributed by atoms with Crippen molar-refractivity contribution < 1.29 is 19.2 Å². The zero-order chi connectivity index (χ0) is 22.1. The van der Waals surface area contributed by atoms with Gasteiger partial charge in [0, 0.05) is 22.8 Å². The summed E-state index contributed by atoms with van der Waals surface area (Å²) in [7, 11) is 0. The van der Waals surface area contributed by atoms with Crippen molar-refractivity contribution in [2.24, 2.45) is 0 Å². The molecule has 10 heteroatoms. The maximum Gasteiger partial charge on any atom is 0.253 e. The predicted molar refractivity (Wildman–Crippen MR) is 115 cm³/mol. The molecule has 2 aromatic rings. The van der Waals surface area contributed by atoms with Crippen LogP contribution in [0.4, 0.5) is 5.69 Å². The molecule has 4 amide bonds. The van der Waals surface area contributed by atoms with Crippen LogP contribution in [0, 0.1) is 0 Å². The van der Waals surface area contributed by atoms with Gasteiger partial charge in [-0.25, -0.2) is 0 Å². The molecule has 0 spiro atoms. The molecule has 0 bridgehead atoms. The number of rotatable bonds is 8. The van der Waals surface area contributed by atoms with Crippen LogP contribution in [0.2, 0.25) is 10.0 Å². The molecule has 0 fully saturated rings. The Kier molecular flexibility index (Phi) is 8.64. The molecule has 2 aromatic carbocycles. The molecule has 0 saturated heterocycles. The molecule has 0 aromatic heterocycles. The highest BCUT2D eigenvalue weighted by atomic mass is 35.5. The standard InChI is InChI=1S/C20H20Cl2N4O4/c1-2-23-19(29)12-4-3-5-14(8-12)26-18(28)11-24-17(27)10-25-20(30)15-7-6-13(21)9-16(15)22/h3-9H,2,10-11H2,1H3,(H,23,29)(H,24,27)(H,25,30)(H,26,28). The minimum atomic E-state index is -0.556. The lowest BCUT2D eigenvalue weighted by Crippen LogP contribution is -2.40. The summed E-state index contributed by atoms with van der Waals surface area (Å²) in [5.41, 5.74) is 1.00. The smallest absolute Gasteiger partial charge is 0.253 e. The van der Waals surface area contributed by atoms with Crippen LogP contribution in [0.25, 0.3) is 0 Å². The number of carbonyl (C=O) groups is 4. The lowest BCUT2D eigenvalue weighted by molar-refractivity contribution is -0.123. The molecular formula is C20H20Cl2N4O4. The highest BCUT2D eigenvalue weighted by Crippen LogP contribution is 2.20.